The average molecular weight is 316 g/mol. The summed E-state index contributed by atoms with van der Waals surface area (Å²) in [4.78, 5) is 37.7. The van der Waals surface area contributed by atoms with Gasteiger partial charge in [0.2, 0.25) is 11.8 Å². The number of carboxylic acids is 1. The normalized spacial score (nSPS) is 27.6. The summed E-state index contributed by atoms with van der Waals surface area (Å²) in [6.07, 6.45) is 1.36. The number of hydrogen-bond acceptors (Lipinski definition) is 3. The minimum absolute atomic E-state index is 0.0856. The molecule has 1 aliphatic carbocycles. The van der Waals surface area contributed by atoms with E-state index >= 15 is 0 Å². The van der Waals surface area contributed by atoms with Crippen LogP contribution in [0.1, 0.15) is 30.9 Å². The molecule has 3 rings (SSSR count). The topological polar surface area (TPSA) is 86.7 Å². The molecular weight excluding hydrogens is 296 g/mol. The van der Waals surface area contributed by atoms with Gasteiger partial charge in [0.05, 0.1) is 24.3 Å². The van der Waals surface area contributed by atoms with E-state index < -0.39 is 17.8 Å². The number of amides is 2. The van der Waals surface area contributed by atoms with Gasteiger partial charge in [-0.05, 0) is 18.4 Å². The molecule has 1 aliphatic heterocycles. The molecule has 1 heterocycles. The summed E-state index contributed by atoms with van der Waals surface area (Å²) >= 11 is 0. The van der Waals surface area contributed by atoms with Gasteiger partial charge in [-0.2, -0.15) is 0 Å². The van der Waals surface area contributed by atoms with Gasteiger partial charge in [-0.1, -0.05) is 30.3 Å². The number of carbonyl (C=O) groups is 3. The van der Waals surface area contributed by atoms with Gasteiger partial charge in [0.25, 0.3) is 0 Å². The van der Waals surface area contributed by atoms with E-state index in [4.69, 9.17) is 0 Å². The van der Waals surface area contributed by atoms with Crippen molar-refractivity contribution in [2.75, 3.05) is 13.1 Å². The van der Waals surface area contributed by atoms with Crippen LogP contribution in [0.15, 0.2) is 30.3 Å². The first-order chi connectivity index (χ1) is 11.1. The number of aliphatic carboxylic acids is 1. The second-order valence-corrected chi connectivity index (χ2v) is 6.14. The van der Waals surface area contributed by atoms with Crippen molar-refractivity contribution in [1.29, 1.82) is 0 Å². The van der Waals surface area contributed by atoms with Crippen molar-refractivity contribution in [3.8, 4) is 0 Å². The Morgan fingerprint density at radius 1 is 1.13 bits per heavy atom. The number of carboxylic acid groups (broad SMARTS) is 1. The van der Waals surface area contributed by atoms with Crippen molar-refractivity contribution in [3.63, 3.8) is 0 Å². The predicted octanol–water partition coefficient (Wildman–Crippen LogP) is 1.19. The fourth-order valence-electron chi connectivity index (χ4n) is 3.37. The molecular formula is C17H20N2O4. The number of rotatable bonds is 3. The van der Waals surface area contributed by atoms with Crippen LogP contribution in [0, 0.1) is 11.8 Å². The maximum absolute atomic E-state index is 12.9. The Bertz CT molecular complexity index is 616. The molecule has 6 nitrogen and oxygen atoms in total. The molecule has 23 heavy (non-hydrogen) atoms. The van der Waals surface area contributed by atoms with Crippen molar-refractivity contribution in [3.05, 3.63) is 35.9 Å². The SMILES string of the molecule is O=C1CC(c2ccccc2)N(C(=O)C2CCC2C(=O)O)CCN1. The van der Waals surface area contributed by atoms with Crippen molar-refractivity contribution in [2.24, 2.45) is 11.8 Å². The third-order valence-electron chi connectivity index (χ3n) is 4.81. The molecule has 122 valence electrons. The Labute approximate surface area is 134 Å². The number of benzene rings is 1. The smallest absolute Gasteiger partial charge is 0.307 e. The Hall–Kier alpha value is -2.37. The molecule has 2 aliphatic rings. The maximum Gasteiger partial charge on any atom is 0.307 e. The Kier molecular flexibility index (Phi) is 4.32. The second-order valence-electron chi connectivity index (χ2n) is 6.14. The van der Waals surface area contributed by atoms with E-state index in [0.29, 0.717) is 25.9 Å². The van der Waals surface area contributed by atoms with Gasteiger partial charge in [0.15, 0.2) is 0 Å². The third-order valence-corrected chi connectivity index (χ3v) is 4.81. The van der Waals surface area contributed by atoms with Gasteiger partial charge >= 0.3 is 5.97 Å². The lowest BCUT2D eigenvalue weighted by Crippen LogP contribution is -2.48. The van der Waals surface area contributed by atoms with Crippen LogP contribution in [0.25, 0.3) is 0 Å². The quantitative estimate of drug-likeness (QED) is 0.877. The summed E-state index contributed by atoms with van der Waals surface area (Å²) in [5.74, 6) is -2.20. The summed E-state index contributed by atoms with van der Waals surface area (Å²) in [6.45, 7) is 0.811. The van der Waals surface area contributed by atoms with Crippen molar-refractivity contribution in [1.82, 2.24) is 10.2 Å². The second kappa shape index (κ2) is 6.40. The molecule has 2 amide bonds. The highest BCUT2D eigenvalue weighted by Crippen LogP contribution is 2.38. The lowest BCUT2D eigenvalue weighted by molar-refractivity contribution is -0.157. The molecule has 1 saturated heterocycles. The van der Waals surface area contributed by atoms with E-state index in [1.54, 1.807) is 4.90 Å². The highest BCUT2D eigenvalue weighted by atomic mass is 16.4. The Morgan fingerprint density at radius 2 is 1.83 bits per heavy atom. The zero-order valence-corrected chi connectivity index (χ0v) is 12.8. The zero-order chi connectivity index (χ0) is 16.4. The van der Waals surface area contributed by atoms with E-state index in [1.165, 1.54) is 0 Å². The summed E-state index contributed by atoms with van der Waals surface area (Å²) in [6, 6.07) is 9.12. The fourth-order valence-corrected chi connectivity index (χ4v) is 3.37. The first-order valence-corrected chi connectivity index (χ1v) is 7.93. The van der Waals surface area contributed by atoms with E-state index in [9.17, 15) is 19.5 Å². The van der Waals surface area contributed by atoms with Crippen LogP contribution in [0.2, 0.25) is 0 Å². The van der Waals surface area contributed by atoms with Crippen LogP contribution in [0.4, 0.5) is 0 Å². The van der Waals surface area contributed by atoms with Crippen molar-refractivity contribution in [2.45, 2.75) is 25.3 Å². The van der Waals surface area contributed by atoms with Gasteiger partial charge in [0.1, 0.15) is 0 Å². The molecule has 0 bridgehead atoms. The maximum atomic E-state index is 12.9. The van der Waals surface area contributed by atoms with Gasteiger partial charge in [-0.25, -0.2) is 0 Å². The van der Waals surface area contributed by atoms with E-state index in [0.717, 1.165) is 5.56 Å². The molecule has 2 fully saturated rings. The average Bonchev–Trinajstić information content (AvgIpc) is 2.68. The summed E-state index contributed by atoms with van der Waals surface area (Å²) in [7, 11) is 0. The van der Waals surface area contributed by atoms with Crippen LogP contribution in [0.5, 0.6) is 0 Å². The standard InChI is InChI=1S/C17H20N2O4/c20-15-10-14(11-4-2-1-3-5-11)19(9-8-18-15)16(21)12-6-7-13(12)17(22)23/h1-5,12-14H,6-10H2,(H,18,20)(H,22,23). The lowest BCUT2D eigenvalue weighted by Gasteiger charge is -2.39. The van der Waals surface area contributed by atoms with Crippen LogP contribution in [-0.4, -0.2) is 40.9 Å². The first kappa shape index (κ1) is 15.5. The number of nitrogens with one attached hydrogen (secondary N) is 1. The van der Waals surface area contributed by atoms with Crippen molar-refractivity contribution < 1.29 is 19.5 Å². The molecule has 0 radical (unpaired) electrons. The number of nitrogens with zero attached hydrogens (tertiary/aromatic N) is 1. The van der Waals surface area contributed by atoms with E-state index in [-0.39, 0.29) is 24.3 Å². The van der Waals surface area contributed by atoms with E-state index in [2.05, 4.69) is 5.32 Å². The molecule has 1 saturated carbocycles. The molecule has 1 aromatic rings. The van der Waals surface area contributed by atoms with Gasteiger partial charge < -0.3 is 15.3 Å². The minimum Gasteiger partial charge on any atom is -0.481 e. The van der Waals surface area contributed by atoms with Crippen LogP contribution in [-0.2, 0) is 14.4 Å². The lowest BCUT2D eigenvalue weighted by atomic mass is 9.72. The Morgan fingerprint density at radius 3 is 2.43 bits per heavy atom. The Balaban J connectivity index is 1.86. The molecule has 1 aromatic carbocycles. The number of carbonyl (C=O) groups excluding carboxylic acids is 2. The van der Waals surface area contributed by atoms with Crippen LogP contribution < -0.4 is 5.32 Å². The highest BCUT2D eigenvalue weighted by Gasteiger charge is 2.45. The first-order valence-electron chi connectivity index (χ1n) is 7.93. The molecule has 3 atom stereocenters. The van der Waals surface area contributed by atoms with Gasteiger partial charge in [-0.3, -0.25) is 14.4 Å². The summed E-state index contributed by atoms with van der Waals surface area (Å²) < 4.78 is 0. The molecule has 0 spiro atoms. The van der Waals surface area contributed by atoms with Crippen LogP contribution >= 0.6 is 0 Å². The van der Waals surface area contributed by atoms with Gasteiger partial charge in [0, 0.05) is 13.1 Å². The van der Waals surface area contributed by atoms with Crippen molar-refractivity contribution >= 4 is 17.8 Å². The molecule has 6 heteroatoms. The zero-order valence-electron chi connectivity index (χ0n) is 12.8. The van der Waals surface area contributed by atoms with Gasteiger partial charge in [-0.15, -0.1) is 0 Å². The molecule has 2 N–H and O–H groups in total. The third kappa shape index (κ3) is 3.06. The largest absolute Gasteiger partial charge is 0.481 e. The number of hydrogen-bond donors (Lipinski definition) is 2. The summed E-state index contributed by atoms with van der Waals surface area (Å²) in [5, 5.41) is 12.0. The summed E-state index contributed by atoms with van der Waals surface area (Å²) in [5.41, 5.74) is 0.907. The van der Waals surface area contributed by atoms with E-state index in [1.807, 2.05) is 30.3 Å². The molecule has 3 unspecified atom stereocenters. The monoisotopic (exact) mass is 316 g/mol. The fraction of sp³-hybridized carbons (Fsp3) is 0.471. The predicted molar refractivity (Wildman–Crippen MR) is 82.4 cm³/mol. The highest BCUT2D eigenvalue weighted by molar-refractivity contribution is 5.87. The minimum atomic E-state index is -0.908. The van der Waals surface area contributed by atoms with Crippen LogP contribution in [0.3, 0.4) is 0 Å². The molecule has 0 aromatic heterocycles.